The van der Waals surface area contributed by atoms with Crippen LogP contribution in [0.25, 0.3) is 5.78 Å². The fraction of sp³-hybridized carbons (Fsp3) is 0.333. The van der Waals surface area contributed by atoms with E-state index in [0.717, 1.165) is 5.75 Å². The molecule has 0 fully saturated rings. The van der Waals surface area contributed by atoms with E-state index < -0.39 is 0 Å². The number of aromatic nitrogens is 5. The number of nitrogens with two attached hydrogens (primary N) is 1. The number of hydrogen-bond acceptors (Lipinski definition) is 6. The predicted octanol–water partition coefficient (Wildman–Crippen LogP) is 0.213. The molecular formula is C6H8N6S. The monoisotopic (exact) mass is 196 g/mol. The molecular weight excluding hydrogens is 188 g/mol. The number of anilines is 1. The molecule has 0 spiro atoms. The Balaban J connectivity index is 2.55. The van der Waals surface area contributed by atoms with Crippen LogP contribution in [0.15, 0.2) is 11.5 Å². The largest absolute Gasteiger partial charge is 0.368 e. The first-order valence-electron chi connectivity index (χ1n) is 3.77. The summed E-state index contributed by atoms with van der Waals surface area (Å²) in [4.78, 5) is 11.9. The first-order chi connectivity index (χ1) is 6.31. The van der Waals surface area contributed by atoms with Gasteiger partial charge >= 0.3 is 0 Å². The topological polar surface area (TPSA) is 82.0 Å². The Morgan fingerprint density at radius 1 is 1.54 bits per heavy atom. The summed E-state index contributed by atoms with van der Waals surface area (Å²) >= 11 is 1.54. The van der Waals surface area contributed by atoms with Crippen LogP contribution in [-0.4, -0.2) is 30.3 Å². The van der Waals surface area contributed by atoms with Crippen LogP contribution in [0.2, 0.25) is 0 Å². The molecule has 2 rings (SSSR count). The van der Waals surface area contributed by atoms with Gasteiger partial charge in [0.15, 0.2) is 0 Å². The molecule has 0 saturated heterocycles. The molecule has 2 heterocycles. The molecule has 0 radical (unpaired) electrons. The normalized spacial score (nSPS) is 10.8. The van der Waals surface area contributed by atoms with Crippen molar-refractivity contribution in [3.05, 3.63) is 6.33 Å². The van der Waals surface area contributed by atoms with E-state index in [1.54, 1.807) is 11.8 Å². The first kappa shape index (κ1) is 8.24. The Morgan fingerprint density at radius 2 is 2.38 bits per heavy atom. The average Bonchev–Trinajstić information content (AvgIpc) is 2.49. The molecule has 2 N–H and O–H groups in total. The summed E-state index contributed by atoms with van der Waals surface area (Å²) in [5.41, 5.74) is 5.57. The van der Waals surface area contributed by atoms with Crippen LogP contribution in [0.4, 0.5) is 5.95 Å². The molecule has 68 valence electrons. The Morgan fingerprint density at radius 3 is 3.08 bits per heavy atom. The van der Waals surface area contributed by atoms with Gasteiger partial charge in [-0.2, -0.15) is 14.5 Å². The van der Waals surface area contributed by atoms with E-state index >= 15 is 0 Å². The molecule has 0 aliphatic heterocycles. The number of nitrogens with zero attached hydrogens (tertiary/aromatic N) is 5. The van der Waals surface area contributed by atoms with Crippen molar-refractivity contribution in [1.82, 2.24) is 24.6 Å². The lowest BCUT2D eigenvalue weighted by Gasteiger charge is -1.91. The van der Waals surface area contributed by atoms with Crippen molar-refractivity contribution in [2.75, 3.05) is 11.5 Å². The highest BCUT2D eigenvalue weighted by atomic mass is 32.2. The van der Waals surface area contributed by atoms with Crippen molar-refractivity contribution < 1.29 is 0 Å². The third-order valence-electron chi connectivity index (χ3n) is 1.42. The van der Waals surface area contributed by atoms with E-state index in [1.165, 1.54) is 10.8 Å². The fourth-order valence-corrected chi connectivity index (χ4v) is 1.45. The van der Waals surface area contributed by atoms with Gasteiger partial charge in [0.05, 0.1) is 0 Å². The molecule has 0 aromatic carbocycles. The van der Waals surface area contributed by atoms with Crippen molar-refractivity contribution in [2.45, 2.75) is 12.1 Å². The molecule has 0 aliphatic carbocycles. The number of hydrogen-bond donors (Lipinski definition) is 1. The van der Waals surface area contributed by atoms with E-state index in [2.05, 4.69) is 20.1 Å². The van der Waals surface area contributed by atoms with Gasteiger partial charge in [0.25, 0.3) is 5.78 Å². The van der Waals surface area contributed by atoms with E-state index in [9.17, 15) is 0 Å². The van der Waals surface area contributed by atoms with Crippen molar-refractivity contribution in [3.63, 3.8) is 0 Å². The summed E-state index contributed by atoms with van der Waals surface area (Å²) in [6.45, 7) is 2.03. The van der Waals surface area contributed by atoms with Crippen LogP contribution in [0.5, 0.6) is 0 Å². The van der Waals surface area contributed by atoms with E-state index in [4.69, 9.17) is 5.73 Å². The van der Waals surface area contributed by atoms with Crippen LogP contribution in [0, 0.1) is 0 Å². The Bertz CT molecular complexity index is 424. The lowest BCUT2D eigenvalue weighted by molar-refractivity contribution is 0.864. The van der Waals surface area contributed by atoms with Gasteiger partial charge in [0, 0.05) is 0 Å². The molecule has 2 aromatic heterocycles. The van der Waals surface area contributed by atoms with Gasteiger partial charge < -0.3 is 5.73 Å². The summed E-state index contributed by atoms with van der Waals surface area (Å²) in [7, 11) is 0. The van der Waals surface area contributed by atoms with Gasteiger partial charge in [0.2, 0.25) is 11.1 Å². The SMILES string of the molecule is CCSc1nc2ncnc(N)n2n1. The minimum atomic E-state index is 0.306. The molecule has 0 aliphatic rings. The van der Waals surface area contributed by atoms with Crippen molar-refractivity contribution in [1.29, 1.82) is 0 Å². The minimum absolute atomic E-state index is 0.306. The first-order valence-corrected chi connectivity index (χ1v) is 4.76. The van der Waals surface area contributed by atoms with E-state index in [-0.39, 0.29) is 0 Å². The second-order valence-electron chi connectivity index (χ2n) is 2.27. The zero-order valence-electron chi connectivity index (χ0n) is 7.01. The summed E-state index contributed by atoms with van der Waals surface area (Å²) in [5, 5.41) is 4.80. The molecule has 0 bridgehead atoms. The molecule has 2 aromatic rings. The molecule has 13 heavy (non-hydrogen) atoms. The standard InChI is InChI=1S/C6H8N6S/c1-2-13-6-10-5-9-3-8-4(7)12(5)11-6/h3H,2H2,1H3,(H2,7,8,9,10,11). The summed E-state index contributed by atoms with van der Waals surface area (Å²) < 4.78 is 1.43. The zero-order chi connectivity index (χ0) is 9.26. The van der Waals surface area contributed by atoms with Crippen LogP contribution in [0.1, 0.15) is 6.92 Å². The van der Waals surface area contributed by atoms with E-state index in [0.29, 0.717) is 16.9 Å². The third kappa shape index (κ3) is 1.42. The number of rotatable bonds is 2. The second kappa shape index (κ2) is 3.17. The Labute approximate surface area is 78.6 Å². The Kier molecular flexibility index (Phi) is 2.01. The predicted molar refractivity (Wildman–Crippen MR) is 49.4 cm³/mol. The summed E-state index contributed by atoms with van der Waals surface area (Å²) in [6, 6.07) is 0. The maximum Gasteiger partial charge on any atom is 0.257 e. The van der Waals surface area contributed by atoms with Gasteiger partial charge in [-0.3, -0.25) is 0 Å². The van der Waals surface area contributed by atoms with Crippen LogP contribution in [-0.2, 0) is 0 Å². The van der Waals surface area contributed by atoms with Crippen molar-refractivity contribution >= 4 is 23.5 Å². The van der Waals surface area contributed by atoms with E-state index in [1.807, 2.05) is 6.92 Å². The third-order valence-corrected chi connectivity index (χ3v) is 2.14. The molecule has 0 amide bonds. The van der Waals surface area contributed by atoms with Gasteiger partial charge in [-0.05, 0) is 5.75 Å². The maximum absolute atomic E-state index is 5.57. The molecule has 6 nitrogen and oxygen atoms in total. The highest BCUT2D eigenvalue weighted by Gasteiger charge is 2.05. The highest BCUT2D eigenvalue weighted by molar-refractivity contribution is 7.99. The molecule has 0 unspecified atom stereocenters. The lowest BCUT2D eigenvalue weighted by Crippen LogP contribution is -2.02. The summed E-state index contributed by atoms with van der Waals surface area (Å²) in [5.74, 6) is 1.72. The van der Waals surface area contributed by atoms with Crippen LogP contribution in [0.3, 0.4) is 0 Å². The van der Waals surface area contributed by atoms with Gasteiger partial charge in [-0.15, -0.1) is 5.10 Å². The zero-order valence-corrected chi connectivity index (χ0v) is 7.82. The number of nitrogen functional groups attached to an aromatic ring is 1. The lowest BCUT2D eigenvalue weighted by atomic mass is 10.9. The number of thioether (sulfide) groups is 1. The van der Waals surface area contributed by atoms with Gasteiger partial charge in [-0.25, -0.2) is 4.98 Å². The maximum atomic E-state index is 5.57. The van der Waals surface area contributed by atoms with Gasteiger partial charge in [0.1, 0.15) is 6.33 Å². The van der Waals surface area contributed by atoms with Crippen molar-refractivity contribution in [2.24, 2.45) is 0 Å². The van der Waals surface area contributed by atoms with Gasteiger partial charge in [-0.1, -0.05) is 18.7 Å². The van der Waals surface area contributed by atoms with Crippen LogP contribution < -0.4 is 5.73 Å². The highest BCUT2D eigenvalue weighted by Crippen LogP contribution is 2.13. The van der Waals surface area contributed by atoms with Crippen LogP contribution >= 0.6 is 11.8 Å². The summed E-state index contributed by atoms with van der Waals surface area (Å²) in [6.07, 6.45) is 1.37. The van der Waals surface area contributed by atoms with Crippen molar-refractivity contribution in [3.8, 4) is 0 Å². The molecule has 0 atom stereocenters. The number of fused-ring (bicyclic) bond motifs is 1. The second-order valence-corrected chi connectivity index (χ2v) is 3.50. The fourth-order valence-electron chi connectivity index (χ4n) is 0.907. The quantitative estimate of drug-likeness (QED) is 0.691. The smallest absolute Gasteiger partial charge is 0.257 e. The Hall–Kier alpha value is -1.37. The average molecular weight is 196 g/mol. The molecule has 0 saturated carbocycles. The molecule has 7 heteroatoms. The minimum Gasteiger partial charge on any atom is -0.368 e.